The minimum Gasteiger partial charge on any atom is -0.462 e. The van der Waals surface area contributed by atoms with Gasteiger partial charge in [-0.15, -0.1) is 0 Å². The number of carbonyl (C=O) groups is 2. The molecular formula is C61H110NO8P. The Hall–Kier alpha value is -2.55. The van der Waals surface area contributed by atoms with Crippen molar-refractivity contribution in [3.05, 3.63) is 72.9 Å². The number of phosphoric acid groups is 1. The number of unbranched alkanes of at least 4 members (excludes halogenated alkanes) is 30. The highest BCUT2D eigenvalue weighted by Gasteiger charge is 2.26. The lowest BCUT2D eigenvalue weighted by molar-refractivity contribution is -0.161. The second-order valence-electron chi connectivity index (χ2n) is 19.5. The lowest BCUT2D eigenvalue weighted by Gasteiger charge is -2.19. The van der Waals surface area contributed by atoms with Crippen molar-refractivity contribution in [1.29, 1.82) is 0 Å². The van der Waals surface area contributed by atoms with Gasteiger partial charge in [0.25, 0.3) is 0 Å². The maximum atomic E-state index is 12.7. The van der Waals surface area contributed by atoms with Gasteiger partial charge >= 0.3 is 19.8 Å². The standard InChI is InChI=1S/C61H110NO8P/c1-3-5-7-9-11-13-15-17-19-21-23-24-25-26-27-28-29-30-31-32-33-34-36-38-40-42-44-46-48-50-52-54-61(64)70-59(58-69-71(65,66)68-56-55-62)57-67-60(63)53-51-49-47-45-43-41-39-37-35-22-20-18-16-14-12-10-8-6-4-2/h5,7,11-14,17-20,23-24,59H,3-4,6,8-10,15-16,21-22,25-58,62H2,1-2H3,(H,65,66)/b7-5-,13-11-,14-12-,19-17-,20-18-,24-23-. The van der Waals surface area contributed by atoms with Crippen molar-refractivity contribution in [2.24, 2.45) is 5.73 Å². The second kappa shape index (κ2) is 56.7. The summed E-state index contributed by atoms with van der Waals surface area (Å²) in [6.07, 6.45) is 72.4. The molecule has 3 N–H and O–H groups in total. The summed E-state index contributed by atoms with van der Waals surface area (Å²) < 4.78 is 33.0. The quantitative estimate of drug-likeness (QED) is 0.0264. The maximum Gasteiger partial charge on any atom is 0.472 e. The fourth-order valence-electron chi connectivity index (χ4n) is 8.25. The van der Waals surface area contributed by atoms with Crippen molar-refractivity contribution >= 4 is 19.8 Å². The zero-order chi connectivity index (χ0) is 51.7. The molecule has 0 spiro atoms. The highest BCUT2D eigenvalue weighted by atomic mass is 31.2. The fourth-order valence-corrected chi connectivity index (χ4v) is 9.01. The lowest BCUT2D eigenvalue weighted by atomic mass is 10.0. The van der Waals surface area contributed by atoms with Crippen LogP contribution < -0.4 is 5.73 Å². The average Bonchev–Trinajstić information content (AvgIpc) is 3.36. The van der Waals surface area contributed by atoms with Gasteiger partial charge in [0.1, 0.15) is 6.61 Å². The zero-order valence-electron chi connectivity index (χ0n) is 45.9. The third-order valence-electron chi connectivity index (χ3n) is 12.6. The van der Waals surface area contributed by atoms with Crippen LogP contribution >= 0.6 is 7.82 Å². The van der Waals surface area contributed by atoms with Crippen LogP contribution in [0.25, 0.3) is 0 Å². The fraction of sp³-hybridized carbons (Fsp3) is 0.770. The van der Waals surface area contributed by atoms with Crippen LogP contribution in [0.3, 0.4) is 0 Å². The highest BCUT2D eigenvalue weighted by Crippen LogP contribution is 2.43. The predicted octanol–water partition coefficient (Wildman–Crippen LogP) is 18.5. The van der Waals surface area contributed by atoms with Gasteiger partial charge in [-0.2, -0.15) is 0 Å². The number of hydrogen-bond acceptors (Lipinski definition) is 8. The van der Waals surface area contributed by atoms with Crippen LogP contribution in [-0.2, 0) is 32.7 Å². The van der Waals surface area contributed by atoms with Gasteiger partial charge < -0.3 is 20.1 Å². The summed E-state index contributed by atoms with van der Waals surface area (Å²) in [6.45, 7) is 3.63. The second-order valence-corrected chi connectivity index (χ2v) is 20.9. The number of phosphoric ester groups is 1. The minimum atomic E-state index is -4.39. The van der Waals surface area contributed by atoms with Crippen LogP contribution in [0.2, 0.25) is 0 Å². The van der Waals surface area contributed by atoms with Gasteiger partial charge in [0.15, 0.2) is 6.10 Å². The van der Waals surface area contributed by atoms with Gasteiger partial charge in [-0.1, -0.05) is 247 Å². The number of hydrogen-bond donors (Lipinski definition) is 2. The normalized spacial score (nSPS) is 13.6. The first-order chi connectivity index (χ1) is 34.8. The van der Waals surface area contributed by atoms with E-state index in [9.17, 15) is 19.0 Å². The van der Waals surface area contributed by atoms with Crippen LogP contribution in [0.5, 0.6) is 0 Å². The smallest absolute Gasteiger partial charge is 0.462 e. The molecule has 2 unspecified atom stereocenters. The molecular weight excluding hydrogens is 906 g/mol. The third-order valence-corrected chi connectivity index (χ3v) is 13.6. The molecule has 0 aliphatic rings. The van der Waals surface area contributed by atoms with Gasteiger partial charge in [-0.3, -0.25) is 18.6 Å². The minimum absolute atomic E-state index is 0.0518. The van der Waals surface area contributed by atoms with Crippen LogP contribution in [0, 0.1) is 0 Å². The molecule has 0 fully saturated rings. The molecule has 10 heteroatoms. The van der Waals surface area contributed by atoms with Crippen molar-refractivity contribution in [3.63, 3.8) is 0 Å². The molecule has 0 radical (unpaired) electrons. The summed E-state index contributed by atoms with van der Waals surface area (Å²) in [4.78, 5) is 35.2. The largest absolute Gasteiger partial charge is 0.472 e. The van der Waals surface area contributed by atoms with Gasteiger partial charge in [-0.05, 0) is 83.5 Å². The molecule has 0 aliphatic heterocycles. The molecule has 0 rings (SSSR count). The maximum absolute atomic E-state index is 12.7. The SMILES string of the molecule is CC/C=C\C/C=C\C/C=C\C/C=C\CCCCCCCCCCCCCCCCCCCCC(=O)OC(COC(=O)CCCCCCCCCCC/C=C\C/C=C\CCCCC)COP(=O)(O)OCCN. The van der Waals surface area contributed by atoms with Crippen LogP contribution in [-0.4, -0.2) is 49.3 Å². The molecule has 0 saturated carbocycles. The first kappa shape index (κ1) is 68.5. The predicted molar refractivity (Wildman–Crippen MR) is 302 cm³/mol. The molecule has 0 aliphatic carbocycles. The van der Waals surface area contributed by atoms with Crippen LogP contribution in [0.4, 0.5) is 0 Å². The van der Waals surface area contributed by atoms with E-state index >= 15 is 0 Å². The number of allylic oxidation sites excluding steroid dienone is 12. The van der Waals surface area contributed by atoms with Gasteiger partial charge in [0, 0.05) is 19.4 Å². The van der Waals surface area contributed by atoms with E-state index in [0.717, 1.165) is 70.6 Å². The van der Waals surface area contributed by atoms with Crippen molar-refractivity contribution in [3.8, 4) is 0 Å². The number of carbonyl (C=O) groups excluding carboxylic acids is 2. The summed E-state index contributed by atoms with van der Waals surface area (Å²) in [5, 5.41) is 0. The van der Waals surface area contributed by atoms with Gasteiger partial charge in [0.2, 0.25) is 0 Å². The molecule has 412 valence electrons. The molecule has 0 saturated heterocycles. The molecule has 0 amide bonds. The van der Waals surface area contributed by atoms with Gasteiger partial charge in [-0.25, -0.2) is 4.57 Å². The third kappa shape index (κ3) is 56.6. The van der Waals surface area contributed by atoms with Crippen molar-refractivity contribution < 1.29 is 37.6 Å². The van der Waals surface area contributed by atoms with E-state index in [2.05, 4.69) is 86.8 Å². The molecule has 9 nitrogen and oxygen atoms in total. The van der Waals surface area contributed by atoms with E-state index in [0.29, 0.717) is 6.42 Å². The Balaban J connectivity index is 3.92. The molecule has 0 aromatic carbocycles. The monoisotopic (exact) mass is 1020 g/mol. The summed E-state index contributed by atoms with van der Waals surface area (Å²) in [7, 11) is -4.39. The van der Waals surface area contributed by atoms with E-state index in [1.54, 1.807) is 0 Å². The first-order valence-corrected chi connectivity index (χ1v) is 30.9. The topological polar surface area (TPSA) is 134 Å². The van der Waals surface area contributed by atoms with E-state index in [1.165, 1.54) is 167 Å². The highest BCUT2D eigenvalue weighted by molar-refractivity contribution is 7.47. The summed E-state index contributed by atoms with van der Waals surface area (Å²) in [6, 6.07) is 0. The molecule has 0 aromatic heterocycles. The Morgan fingerprint density at radius 1 is 0.437 bits per heavy atom. The zero-order valence-corrected chi connectivity index (χ0v) is 46.8. The van der Waals surface area contributed by atoms with Crippen molar-refractivity contribution in [1.82, 2.24) is 0 Å². The Morgan fingerprint density at radius 2 is 0.775 bits per heavy atom. The Morgan fingerprint density at radius 3 is 1.15 bits per heavy atom. The number of ether oxygens (including phenoxy) is 2. The van der Waals surface area contributed by atoms with Crippen molar-refractivity contribution in [2.75, 3.05) is 26.4 Å². The van der Waals surface area contributed by atoms with E-state index < -0.39 is 26.5 Å². The Labute approximate surface area is 437 Å². The van der Waals surface area contributed by atoms with Crippen molar-refractivity contribution in [2.45, 2.75) is 277 Å². The molecule has 0 bridgehead atoms. The van der Waals surface area contributed by atoms with Crippen LogP contribution in [0.15, 0.2) is 72.9 Å². The number of rotatable bonds is 55. The Bertz CT molecular complexity index is 1390. The average molecular weight is 1020 g/mol. The Kier molecular flexibility index (Phi) is 54.7. The van der Waals surface area contributed by atoms with Crippen LogP contribution in [0.1, 0.15) is 271 Å². The van der Waals surface area contributed by atoms with E-state index in [1.807, 2.05) is 0 Å². The summed E-state index contributed by atoms with van der Waals surface area (Å²) >= 11 is 0. The number of nitrogens with two attached hydrogens (primary N) is 1. The molecule has 2 atom stereocenters. The van der Waals surface area contributed by atoms with E-state index in [4.69, 9.17) is 24.3 Å². The van der Waals surface area contributed by atoms with E-state index in [-0.39, 0.29) is 38.6 Å². The first-order valence-electron chi connectivity index (χ1n) is 29.4. The molecule has 0 aromatic rings. The lowest BCUT2D eigenvalue weighted by Crippen LogP contribution is -2.29. The summed E-state index contributed by atoms with van der Waals surface area (Å²) in [5.74, 6) is -0.825. The molecule has 0 heterocycles. The van der Waals surface area contributed by atoms with Gasteiger partial charge in [0.05, 0.1) is 13.2 Å². The molecule has 71 heavy (non-hydrogen) atoms. The number of esters is 2. The summed E-state index contributed by atoms with van der Waals surface area (Å²) in [5.41, 5.74) is 5.38.